The first-order valence-electron chi connectivity index (χ1n) is 9.76. The van der Waals surface area contributed by atoms with E-state index in [-0.39, 0.29) is 18.1 Å². The molecule has 0 spiro atoms. The molecule has 1 aliphatic rings. The normalized spacial score (nSPS) is 17.2. The maximum Gasteiger partial charge on any atom is 0.170 e. The van der Waals surface area contributed by atoms with Gasteiger partial charge in [-0.3, -0.25) is 0 Å². The summed E-state index contributed by atoms with van der Waals surface area (Å²) in [5, 5.41) is 20.2. The number of benzene rings is 3. The van der Waals surface area contributed by atoms with Crippen molar-refractivity contribution in [3.63, 3.8) is 0 Å². The monoisotopic (exact) mass is 424 g/mol. The van der Waals surface area contributed by atoms with Crippen molar-refractivity contribution in [2.24, 2.45) is 0 Å². The van der Waals surface area contributed by atoms with E-state index in [0.29, 0.717) is 28.6 Å². The van der Waals surface area contributed by atoms with Crippen LogP contribution in [0.5, 0.6) is 34.5 Å². The highest BCUT2D eigenvalue weighted by atomic mass is 16.6. The Morgan fingerprint density at radius 3 is 1.90 bits per heavy atom. The molecule has 0 aromatic heterocycles. The number of aliphatic hydroxyl groups is 1. The van der Waals surface area contributed by atoms with Crippen molar-refractivity contribution in [3.05, 3.63) is 60.2 Å². The summed E-state index contributed by atoms with van der Waals surface area (Å²) in [6.07, 6.45) is -1.50. The van der Waals surface area contributed by atoms with E-state index in [2.05, 4.69) is 0 Å². The van der Waals surface area contributed by atoms with Crippen LogP contribution in [0.4, 0.5) is 0 Å². The molecule has 0 amide bonds. The summed E-state index contributed by atoms with van der Waals surface area (Å²) in [7, 11) is 4.61. The van der Waals surface area contributed by atoms with E-state index in [1.165, 1.54) is 13.2 Å². The number of hydrogen-bond donors (Lipinski definition) is 2. The number of methoxy groups -OCH3 is 3. The van der Waals surface area contributed by atoms with Crippen LogP contribution in [-0.4, -0.2) is 44.3 Å². The fraction of sp³-hybridized carbons (Fsp3) is 0.250. The Bertz CT molecular complexity index is 1080. The maximum atomic E-state index is 10.2. The van der Waals surface area contributed by atoms with Gasteiger partial charge >= 0.3 is 0 Å². The molecule has 0 saturated carbocycles. The average Bonchev–Trinajstić information content (AvgIpc) is 2.80. The third kappa shape index (κ3) is 3.68. The van der Waals surface area contributed by atoms with Gasteiger partial charge in [-0.25, -0.2) is 0 Å². The lowest BCUT2D eigenvalue weighted by Crippen LogP contribution is -2.34. The van der Waals surface area contributed by atoms with Gasteiger partial charge in [-0.2, -0.15) is 0 Å². The molecule has 2 atom stereocenters. The lowest BCUT2D eigenvalue weighted by atomic mass is 9.98. The second-order valence-corrected chi connectivity index (χ2v) is 6.98. The molecule has 0 aliphatic carbocycles. The first-order chi connectivity index (χ1) is 15.1. The van der Waals surface area contributed by atoms with Gasteiger partial charge in [-0.15, -0.1) is 0 Å². The number of aliphatic hydroxyl groups excluding tert-OH is 1. The summed E-state index contributed by atoms with van der Waals surface area (Å²) in [4.78, 5) is 0. The molecule has 0 fully saturated rings. The molecule has 2 unspecified atom stereocenters. The van der Waals surface area contributed by atoms with Crippen LogP contribution in [0.25, 0.3) is 11.1 Å². The average molecular weight is 424 g/mol. The number of fused-ring (bicyclic) bond motifs is 3. The molecule has 3 aromatic carbocycles. The van der Waals surface area contributed by atoms with Crippen molar-refractivity contribution in [2.75, 3.05) is 27.9 Å². The van der Waals surface area contributed by atoms with E-state index < -0.39 is 12.2 Å². The molecule has 3 aromatic rings. The van der Waals surface area contributed by atoms with Gasteiger partial charge in [-0.05, 0) is 24.3 Å². The van der Waals surface area contributed by atoms with Gasteiger partial charge in [0.2, 0.25) is 0 Å². The minimum absolute atomic E-state index is 0.00329. The van der Waals surface area contributed by atoms with Crippen molar-refractivity contribution >= 4 is 0 Å². The zero-order valence-electron chi connectivity index (χ0n) is 17.5. The van der Waals surface area contributed by atoms with Crippen molar-refractivity contribution < 1.29 is 33.9 Å². The molecule has 0 bridgehead atoms. The molecule has 0 radical (unpaired) electrons. The number of hydrogen-bond acceptors (Lipinski definition) is 7. The third-order valence-electron chi connectivity index (χ3n) is 5.25. The quantitative estimate of drug-likeness (QED) is 0.641. The fourth-order valence-electron chi connectivity index (χ4n) is 3.72. The summed E-state index contributed by atoms with van der Waals surface area (Å²) in [6.45, 7) is -0.324. The fourth-order valence-corrected chi connectivity index (χ4v) is 3.72. The van der Waals surface area contributed by atoms with E-state index in [1.807, 2.05) is 30.3 Å². The molecule has 162 valence electrons. The second-order valence-electron chi connectivity index (χ2n) is 6.98. The first-order valence-corrected chi connectivity index (χ1v) is 9.76. The summed E-state index contributed by atoms with van der Waals surface area (Å²) >= 11 is 0. The Morgan fingerprint density at radius 1 is 0.774 bits per heavy atom. The van der Waals surface area contributed by atoms with E-state index >= 15 is 0 Å². The van der Waals surface area contributed by atoms with E-state index in [1.54, 1.807) is 32.4 Å². The van der Waals surface area contributed by atoms with Gasteiger partial charge in [0.1, 0.15) is 0 Å². The molecule has 0 saturated heterocycles. The number of rotatable bonds is 5. The molecule has 2 N–H and O–H groups in total. The number of phenolic OH excluding ortho intramolecular Hbond substituents is 1. The highest BCUT2D eigenvalue weighted by Gasteiger charge is 2.34. The Labute approximate surface area is 180 Å². The Morgan fingerprint density at radius 2 is 1.35 bits per heavy atom. The maximum absolute atomic E-state index is 10.2. The van der Waals surface area contributed by atoms with Crippen LogP contribution in [-0.2, 0) is 0 Å². The third-order valence-corrected chi connectivity index (χ3v) is 5.25. The van der Waals surface area contributed by atoms with Gasteiger partial charge in [0.15, 0.2) is 46.7 Å². The van der Waals surface area contributed by atoms with Crippen molar-refractivity contribution in [1.82, 2.24) is 0 Å². The lowest BCUT2D eigenvalue weighted by Gasteiger charge is -2.33. The summed E-state index contributed by atoms with van der Waals surface area (Å²) < 4.78 is 29.1. The molecule has 7 heteroatoms. The summed E-state index contributed by atoms with van der Waals surface area (Å²) in [5.41, 5.74) is 2.18. The van der Waals surface area contributed by atoms with Gasteiger partial charge in [-0.1, -0.05) is 30.3 Å². The molecule has 7 nitrogen and oxygen atoms in total. The molecular weight excluding hydrogens is 400 g/mol. The number of ether oxygens (including phenoxy) is 5. The Kier molecular flexibility index (Phi) is 5.77. The van der Waals surface area contributed by atoms with Gasteiger partial charge in [0.25, 0.3) is 0 Å². The van der Waals surface area contributed by atoms with Crippen LogP contribution in [0.1, 0.15) is 11.7 Å². The summed E-state index contributed by atoms with van der Waals surface area (Å²) in [5.74, 6) is 2.38. The molecule has 1 aliphatic heterocycles. The van der Waals surface area contributed by atoms with E-state index in [4.69, 9.17) is 23.7 Å². The second kappa shape index (κ2) is 8.65. The zero-order valence-corrected chi connectivity index (χ0v) is 17.5. The Balaban J connectivity index is 1.95. The lowest BCUT2D eigenvalue weighted by molar-refractivity contribution is 0.0108. The van der Waals surface area contributed by atoms with Crippen LogP contribution < -0.4 is 23.7 Å². The minimum Gasteiger partial charge on any atom is -0.504 e. The predicted molar refractivity (Wildman–Crippen MR) is 115 cm³/mol. The van der Waals surface area contributed by atoms with Crippen LogP contribution in [0.2, 0.25) is 0 Å². The SMILES string of the molecule is COc1cc(C2Oc3c(OC)cccc3-c3cccc(OC)c3OC2CO)ccc1O. The zero-order chi connectivity index (χ0) is 22.0. The van der Waals surface area contributed by atoms with Gasteiger partial charge in [0.05, 0.1) is 27.9 Å². The predicted octanol–water partition coefficient (Wildman–Crippen LogP) is 3.96. The first kappa shape index (κ1) is 20.7. The van der Waals surface area contributed by atoms with Crippen LogP contribution in [0, 0.1) is 0 Å². The van der Waals surface area contributed by atoms with Crippen molar-refractivity contribution in [1.29, 1.82) is 0 Å². The number of phenols is 1. The van der Waals surface area contributed by atoms with Crippen molar-refractivity contribution in [3.8, 4) is 45.6 Å². The highest BCUT2D eigenvalue weighted by molar-refractivity contribution is 5.81. The molecule has 31 heavy (non-hydrogen) atoms. The van der Waals surface area contributed by atoms with Gasteiger partial charge < -0.3 is 33.9 Å². The van der Waals surface area contributed by atoms with Crippen LogP contribution in [0.15, 0.2) is 54.6 Å². The standard InChI is InChI=1S/C24H24O7/c1-27-18-8-4-6-15-16-7-5-9-19(28-2)24(16)31-22(21(13-25)30-23(15)18)14-10-11-17(26)20(12-14)29-3/h4-12,21-22,25-26H,13H2,1-3H3. The molecule has 1 heterocycles. The van der Waals surface area contributed by atoms with Crippen LogP contribution >= 0.6 is 0 Å². The Hall–Kier alpha value is -3.58. The smallest absolute Gasteiger partial charge is 0.170 e. The van der Waals surface area contributed by atoms with Crippen molar-refractivity contribution in [2.45, 2.75) is 12.2 Å². The summed E-state index contributed by atoms with van der Waals surface area (Å²) in [6, 6.07) is 16.0. The van der Waals surface area contributed by atoms with E-state index in [0.717, 1.165) is 11.1 Å². The number of aromatic hydroxyl groups is 1. The largest absolute Gasteiger partial charge is 0.504 e. The van der Waals surface area contributed by atoms with Crippen LogP contribution in [0.3, 0.4) is 0 Å². The highest BCUT2D eigenvalue weighted by Crippen LogP contribution is 2.49. The van der Waals surface area contributed by atoms with Gasteiger partial charge in [0, 0.05) is 16.7 Å². The topological polar surface area (TPSA) is 86.6 Å². The molecular formula is C24H24O7. The number of para-hydroxylation sites is 2. The molecule has 4 rings (SSSR count). The minimum atomic E-state index is -0.776. The van der Waals surface area contributed by atoms with E-state index in [9.17, 15) is 10.2 Å².